The summed E-state index contributed by atoms with van der Waals surface area (Å²) >= 11 is 0. The van der Waals surface area contributed by atoms with Crippen LogP contribution in [0.1, 0.15) is 54.7 Å². The molecular formula is C25H29NO2. The summed E-state index contributed by atoms with van der Waals surface area (Å²) in [4.78, 5) is 0. The van der Waals surface area contributed by atoms with Crippen molar-refractivity contribution in [2.75, 3.05) is 0 Å². The van der Waals surface area contributed by atoms with Gasteiger partial charge in [-0.25, -0.2) is 0 Å². The lowest BCUT2D eigenvalue weighted by Crippen LogP contribution is -2.50. The molecule has 6 rings (SSSR count). The van der Waals surface area contributed by atoms with Crippen LogP contribution in [0.25, 0.3) is 0 Å². The summed E-state index contributed by atoms with van der Waals surface area (Å²) in [6.07, 6.45) is 7.81. The van der Waals surface area contributed by atoms with E-state index in [4.69, 9.17) is 0 Å². The molecule has 0 aromatic heterocycles. The highest BCUT2D eigenvalue weighted by Gasteiger charge is 2.70. The Hall–Kier alpha value is -2.00. The second-order valence-corrected chi connectivity index (χ2v) is 9.69. The van der Waals surface area contributed by atoms with Crippen LogP contribution in [0.4, 0.5) is 0 Å². The fourth-order valence-electron chi connectivity index (χ4n) is 7.49. The predicted molar refractivity (Wildman–Crippen MR) is 109 cm³/mol. The summed E-state index contributed by atoms with van der Waals surface area (Å²) < 4.78 is 0. The molecule has 3 nitrogen and oxygen atoms in total. The quantitative estimate of drug-likeness (QED) is 0.727. The third-order valence-electron chi connectivity index (χ3n) is 8.69. The van der Waals surface area contributed by atoms with Crippen molar-refractivity contribution in [3.05, 3.63) is 59.2 Å². The maximum atomic E-state index is 10.2. The predicted octanol–water partition coefficient (Wildman–Crippen LogP) is 4.72. The SMILES string of the molecule is Oc1ccc2c(c1)CCC1C2CC(NCc2ccccc2O)C23CC2CCC13. The molecule has 28 heavy (non-hydrogen) atoms. The summed E-state index contributed by atoms with van der Waals surface area (Å²) in [6, 6.07) is 14.3. The lowest BCUT2D eigenvalue weighted by molar-refractivity contribution is 0.0675. The minimum Gasteiger partial charge on any atom is -0.508 e. The van der Waals surface area contributed by atoms with Crippen LogP contribution in [0.15, 0.2) is 42.5 Å². The minimum atomic E-state index is 0.398. The number of aromatic hydroxyl groups is 2. The van der Waals surface area contributed by atoms with Crippen LogP contribution in [-0.4, -0.2) is 16.3 Å². The highest BCUT2D eigenvalue weighted by atomic mass is 16.3. The number of phenolic OH excluding ortho intramolecular Hbond substituents is 2. The zero-order chi connectivity index (χ0) is 18.9. The van der Waals surface area contributed by atoms with Crippen molar-refractivity contribution >= 4 is 0 Å². The van der Waals surface area contributed by atoms with Gasteiger partial charge in [0.25, 0.3) is 0 Å². The Labute approximate surface area is 166 Å². The molecule has 0 heterocycles. The van der Waals surface area contributed by atoms with Gasteiger partial charge in [-0.05, 0) is 96.9 Å². The van der Waals surface area contributed by atoms with Gasteiger partial charge in [0.2, 0.25) is 0 Å². The number of nitrogens with one attached hydrogen (secondary N) is 1. The van der Waals surface area contributed by atoms with Crippen molar-refractivity contribution in [3.8, 4) is 11.5 Å². The average molecular weight is 376 g/mol. The molecule has 0 radical (unpaired) electrons. The van der Waals surface area contributed by atoms with Crippen LogP contribution >= 0.6 is 0 Å². The molecule has 1 spiro atoms. The molecule has 3 heteroatoms. The van der Waals surface area contributed by atoms with Crippen LogP contribution in [0, 0.1) is 23.2 Å². The van der Waals surface area contributed by atoms with Gasteiger partial charge in [0, 0.05) is 18.2 Å². The Balaban J connectivity index is 1.32. The van der Waals surface area contributed by atoms with Gasteiger partial charge >= 0.3 is 0 Å². The van der Waals surface area contributed by atoms with E-state index in [0.29, 0.717) is 28.9 Å². The topological polar surface area (TPSA) is 52.5 Å². The molecular weight excluding hydrogens is 346 g/mol. The van der Waals surface area contributed by atoms with E-state index in [1.54, 1.807) is 6.07 Å². The van der Waals surface area contributed by atoms with Crippen molar-refractivity contribution in [3.63, 3.8) is 0 Å². The van der Waals surface area contributed by atoms with Gasteiger partial charge in [-0.2, -0.15) is 0 Å². The normalized spacial score (nSPS) is 37.5. The van der Waals surface area contributed by atoms with Gasteiger partial charge in [-0.3, -0.25) is 0 Å². The second kappa shape index (κ2) is 6.00. The molecule has 4 aliphatic rings. The van der Waals surface area contributed by atoms with Gasteiger partial charge in [-0.1, -0.05) is 24.3 Å². The number of rotatable bonds is 3. The largest absolute Gasteiger partial charge is 0.508 e. The molecule has 0 aliphatic heterocycles. The molecule has 2 aromatic carbocycles. The number of fused-ring (bicyclic) bond motifs is 4. The first kappa shape index (κ1) is 16.9. The van der Waals surface area contributed by atoms with Crippen molar-refractivity contribution in [2.24, 2.45) is 23.2 Å². The van der Waals surface area contributed by atoms with E-state index in [2.05, 4.69) is 11.4 Å². The fraction of sp³-hybridized carbons (Fsp3) is 0.520. The molecule has 146 valence electrons. The van der Waals surface area contributed by atoms with Crippen molar-refractivity contribution < 1.29 is 10.2 Å². The summed E-state index contributed by atoms with van der Waals surface area (Å²) in [7, 11) is 0. The highest BCUT2D eigenvalue weighted by Crippen LogP contribution is 2.75. The fourth-order valence-corrected chi connectivity index (χ4v) is 7.49. The molecule has 4 aliphatic carbocycles. The Morgan fingerprint density at radius 2 is 1.93 bits per heavy atom. The van der Waals surface area contributed by atoms with Crippen LogP contribution in [0.2, 0.25) is 0 Å². The lowest BCUT2D eigenvalue weighted by Gasteiger charge is -2.50. The van der Waals surface area contributed by atoms with E-state index in [1.807, 2.05) is 30.3 Å². The van der Waals surface area contributed by atoms with Crippen LogP contribution in [0.5, 0.6) is 11.5 Å². The zero-order valence-corrected chi connectivity index (χ0v) is 16.3. The maximum absolute atomic E-state index is 10.2. The molecule has 0 saturated heterocycles. The number of para-hydroxylation sites is 1. The standard InChI is InChI=1S/C25H29NO2/c27-18-7-9-19-15(11-18)5-8-20-21(19)12-24(25-13-17(25)6-10-22(20)25)26-14-16-3-1-2-4-23(16)28/h1-4,7,9,11,17,20-22,24,26-28H,5-6,8,10,12-14H2. The smallest absolute Gasteiger partial charge is 0.120 e. The maximum Gasteiger partial charge on any atom is 0.120 e. The molecule has 3 saturated carbocycles. The number of hydrogen-bond acceptors (Lipinski definition) is 3. The Bertz CT molecular complexity index is 925. The summed E-state index contributed by atoms with van der Waals surface area (Å²) in [5.41, 5.74) is 4.37. The third kappa shape index (κ3) is 2.32. The monoisotopic (exact) mass is 375 g/mol. The van der Waals surface area contributed by atoms with Gasteiger partial charge < -0.3 is 15.5 Å². The van der Waals surface area contributed by atoms with E-state index in [-0.39, 0.29) is 0 Å². The Morgan fingerprint density at radius 3 is 2.79 bits per heavy atom. The zero-order valence-electron chi connectivity index (χ0n) is 16.3. The van der Waals surface area contributed by atoms with E-state index >= 15 is 0 Å². The summed E-state index contributed by atoms with van der Waals surface area (Å²) in [5.74, 6) is 3.99. The average Bonchev–Trinajstić information content (AvgIpc) is 3.29. The van der Waals surface area contributed by atoms with E-state index in [9.17, 15) is 10.2 Å². The first-order valence-corrected chi connectivity index (χ1v) is 11.0. The molecule has 2 aromatic rings. The van der Waals surface area contributed by atoms with Gasteiger partial charge in [0.1, 0.15) is 11.5 Å². The molecule has 0 amide bonds. The number of benzene rings is 2. The van der Waals surface area contributed by atoms with Gasteiger partial charge in [0.15, 0.2) is 0 Å². The molecule has 3 fully saturated rings. The Kier molecular flexibility index (Phi) is 3.62. The van der Waals surface area contributed by atoms with Crippen LogP contribution in [-0.2, 0) is 13.0 Å². The van der Waals surface area contributed by atoms with Crippen LogP contribution in [0.3, 0.4) is 0 Å². The van der Waals surface area contributed by atoms with Crippen molar-refractivity contribution in [1.29, 1.82) is 0 Å². The second-order valence-electron chi connectivity index (χ2n) is 9.69. The first-order valence-electron chi connectivity index (χ1n) is 11.0. The minimum absolute atomic E-state index is 0.398. The summed E-state index contributed by atoms with van der Waals surface area (Å²) in [5, 5.41) is 24.0. The highest BCUT2D eigenvalue weighted by molar-refractivity contribution is 5.41. The molecule has 6 unspecified atom stereocenters. The van der Waals surface area contributed by atoms with E-state index in [1.165, 1.54) is 43.2 Å². The van der Waals surface area contributed by atoms with Crippen LogP contribution < -0.4 is 5.32 Å². The van der Waals surface area contributed by atoms with E-state index < -0.39 is 0 Å². The third-order valence-corrected chi connectivity index (χ3v) is 8.69. The number of hydrogen-bond donors (Lipinski definition) is 3. The molecule has 3 N–H and O–H groups in total. The van der Waals surface area contributed by atoms with Crippen molar-refractivity contribution in [2.45, 2.75) is 57.0 Å². The van der Waals surface area contributed by atoms with E-state index in [0.717, 1.165) is 36.3 Å². The summed E-state index contributed by atoms with van der Waals surface area (Å²) in [6.45, 7) is 0.748. The van der Waals surface area contributed by atoms with Crippen molar-refractivity contribution in [1.82, 2.24) is 5.32 Å². The number of phenols is 2. The lowest BCUT2D eigenvalue weighted by atomic mass is 9.57. The van der Waals surface area contributed by atoms with Gasteiger partial charge in [-0.15, -0.1) is 0 Å². The first-order chi connectivity index (χ1) is 13.7. The molecule has 6 atom stereocenters. The molecule has 0 bridgehead atoms. The number of aryl methyl sites for hydroxylation is 1. The van der Waals surface area contributed by atoms with Gasteiger partial charge in [0.05, 0.1) is 0 Å². The Morgan fingerprint density at radius 1 is 1.04 bits per heavy atom.